The number of fused-ring (bicyclic) bond motifs is 1. The molecule has 0 fully saturated rings. The summed E-state index contributed by atoms with van der Waals surface area (Å²) >= 11 is 0. The topological polar surface area (TPSA) is 32.3 Å². The summed E-state index contributed by atoms with van der Waals surface area (Å²) in [5.41, 5.74) is 1.27. The van der Waals surface area contributed by atoms with Crippen molar-refractivity contribution in [2.75, 3.05) is 11.9 Å². The van der Waals surface area contributed by atoms with Crippen molar-refractivity contribution in [1.82, 2.24) is 0 Å². The van der Waals surface area contributed by atoms with E-state index >= 15 is 0 Å². The Morgan fingerprint density at radius 2 is 2.27 bits per heavy atom. The predicted octanol–water partition coefficient (Wildman–Crippen LogP) is 2.50. The summed E-state index contributed by atoms with van der Waals surface area (Å²) in [4.78, 5) is 0. The van der Waals surface area contributed by atoms with Crippen LogP contribution in [0.5, 0.6) is 0 Å². The molecule has 2 rings (SSSR count). The van der Waals surface area contributed by atoms with Crippen molar-refractivity contribution in [2.45, 2.75) is 31.8 Å². The fraction of sp³-hybridized carbons (Fsp3) is 0.500. The standard InChI is InChI=1S/C12H16FNO/c1-12(2,15)6-8-7-14-11-4-3-9(13)5-10(8)11/h3-5,8,14-15H,6-7H2,1-2H3. The van der Waals surface area contributed by atoms with Crippen LogP contribution in [0.2, 0.25) is 0 Å². The zero-order valence-corrected chi connectivity index (χ0v) is 9.05. The van der Waals surface area contributed by atoms with Gasteiger partial charge in [-0.25, -0.2) is 4.39 Å². The van der Waals surface area contributed by atoms with Gasteiger partial charge >= 0.3 is 0 Å². The summed E-state index contributed by atoms with van der Waals surface area (Å²) in [5, 5.41) is 13.0. The third-order valence-electron chi connectivity index (χ3n) is 2.74. The normalized spacial score (nSPS) is 19.9. The van der Waals surface area contributed by atoms with Gasteiger partial charge in [-0.05, 0) is 44.0 Å². The van der Waals surface area contributed by atoms with E-state index in [2.05, 4.69) is 5.32 Å². The molecule has 0 saturated heterocycles. The highest BCUT2D eigenvalue weighted by molar-refractivity contribution is 5.57. The second kappa shape index (κ2) is 3.49. The quantitative estimate of drug-likeness (QED) is 0.784. The first-order chi connectivity index (χ1) is 6.96. The van der Waals surface area contributed by atoms with Crippen LogP contribution in [0.15, 0.2) is 18.2 Å². The first kappa shape index (κ1) is 10.4. The first-order valence-electron chi connectivity index (χ1n) is 5.21. The minimum atomic E-state index is -0.708. The molecule has 0 bridgehead atoms. The molecule has 0 saturated carbocycles. The molecule has 0 radical (unpaired) electrons. The maximum atomic E-state index is 13.1. The van der Waals surface area contributed by atoms with Crippen LogP contribution in [-0.4, -0.2) is 17.3 Å². The highest BCUT2D eigenvalue weighted by Crippen LogP contribution is 2.36. The minimum absolute atomic E-state index is 0.204. The number of halogens is 1. The van der Waals surface area contributed by atoms with Gasteiger partial charge in [-0.3, -0.25) is 0 Å². The van der Waals surface area contributed by atoms with E-state index in [1.807, 2.05) is 0 Å². The van der Waals surface area contributed by atoms with Crippen molar-refractivity contribution in [3.63, 3.8) is 0 Å². The van der Waals surface area contributed by atoms with Gasteiger partial charge in [-0.15, -0.1) is 0 Å². The number of benzene rings is 1. The van der Waals surface area contributed by atoms with Crippen molar-refractivity contribution in [1.29, 1.82) is 0 Å². The van der Waals surface area contributed by atoms with Crippen molar-refractivity contribution in [3.05, 3.63) is 29.6 Å². The highest BCUT2D eigenvalue weighted by atomic mass is 19.1. The Hall–Kier alpha value is -1.09. The third kappa shape index (κ3) is 2.29. The summed E-state index contributed by atoms with van der Waals surface area (Å²) in [6.07, 6.45) is 0.649. The van der Waals surface area contributed by atoms with Crippen molar-refractivity contribution >= 4 is 5.69 Å². The second-order valence-corrected chi connectivity index (χ2v) is 4.83. The molecule has 1 aromatic rings. The number of hydrogen-bond donors (Lipinski definition) is 2. The van der Waals surface area contributed by atoms with Gasteiger partial charge < -0.3 is 10.4 Å². The van der Waals surface area contributed by atoms with Crippen molar-refractivity contribution in [2.24, 2.45) is 0 Å². The van der Waals surface area contributed by atoms with Gasteiger partial charge in [0, 0.05) is 18.2 Å². The molecular weight excluding hydrogens is 193 g/mol. The zero-order valence-electron chi connectivity index (χ0n) is 9.05. The second-order valence-electron chi connectivity index (χ2n) is 4.83. The van der Waals surface area contributed by atoms with E-state index in [9.17, 15) is 9.50 Å². The molecule has 2 N–H and O–H groups in total. The molecule has 0 aliphatic carbocycles. The zero-order chi connectivity index (χ0) is 11.1. The van der Waals surface area contributed by atoms with E-state index in [1.165, 1.54) is 6.07 Å². The molecule has 1 atom stereocenters. The number of anilines is 1. The Kier molecular flexibility index (Phi) is 2.43. The van der Waals surface area contributed by atoms with E-state index in [1.54, 1.807) is 26.0 Å². The molecule has 1 aromatic carbocycles. The highest BCUT2D eigenvalue weighted by Gasteiger charge is 2.27. The molecule has 1 heterocycles. The Morgan fingerprint density at radius 3 is 2.93 bits per heavy atom. The van der Waals surface area contributed by atoms with E-state index in [0.29, 0.717) is 6.42 Å². The maximum Gasteiger partial charge on any atom is 0.123 e. The van der Waals surface area contributed by atoms with Crippen LogP contribution < -0.4 is 5.32 Å². The van der Waals surface area contributed by atoms with Crippen molar-refractivity contribution in [3.8, 4) is 0 Å². The molecule has 0 amide bonds. The summed E-state index contributed by atoms with van der Waals surface area (Å²) in [5.74, 6) is -0.00565. The molecule has 0 spiro atoms. The molecular formula is C12H16FNO. The fourth-order valence-electron chi connectivity index (χ4n) is 2.16. The fourth-order valence-corrected chi connectivity index (χ4v) is 2.16. The Labute approximate surface area is 89.1 Å². The van der Waals surface area contributed by atoms with Gasteiger partial charge in [0.15, 0.2) is 0 Å². The number of hydrogen-bond acceptors (Lipinski definition) is 2. The molecule has 1 aliphatic rings. The monoisotopic (exact) mass is 209 g/mol. The van der Waals surface area contributed by atoms with E-state index in [0.717, 1.165) is 17.8 Å². The Balaban J connectivity index is 2.24. The lowest BCUT2D eigenvalue weighted by molar-refractivity contribution is 0.0647. The number of nitrogens with one attached hydrogen (secondary N) is 1. The SMILES string of the molecule is CC(C)(O)CC1CNc2ccc(F)cc21. The van der Waals surface area contributed by atoms with Crippen LogP contribution in [0.25, 0.3) is 0 Å². The van der Waals surface area contributed by atoms with Crippen LogP contribution in [0.4, 0.5) is 10.1 Å². The molecule has 0 aromatic heterocycles. The van der Waals surface area contributed by atoms with Gasteiger partial charge in [-0.1, -0.05) is 0 Å². The lowest BCUT2D eigenvalue weighted by Crippen LogP contribution is -2.23. The predicted molar refractivity (Wildman–Crippen MR) is 58.5 cm³/mol. The van der Waals surface area contributed by atoms with Gasteiger partial charge in [0.2, 0.25) is 0 Å². The molecule has 3 heteroatoms. The molecule has 1 unspecified atom stereocenters. The van der Waals surface area contributed by atoms with Gasteiger partial charge in [0.25, 0.3) is 0 Å². The number of rotatable bonds is 2. The van der Waals surface area contributed by atoms with Crippen LogP contribution in [0, 0.1) is 5.82 Å². The maximum absolute atomic E-state index is 13.1. The lowest BCUT2D eigenvalue weighted by atomic mass is 9.89. The third-order valence-corrected chi connectivity index (χ3v) is 2.74. The number of aliphatic hydroxyl groups is 1. The molecule has 15 heavy (non-hydrogen) atoms. The van der Waals surface area contributed by atoms with Crippen LogP contribution in [-0.2, 0) is 0 Å². The molecule has 1 aliphatic heterocycles. The lowest BCUT2D eigenvalue weighted by Gasteiger charge is -2.21. The average Bonchev–Trinajstić information content (AvgIpc) is 2.46. The molecule has 82 valence electrons. The van der Waals surface area contributed by atoms with Crippen molar-refractivity contribution < 1.29 is 9.50 Å². The van der Waals surface area contributed by atoms with E-state index < -0.39 is 5.60 Å². The van der Waals surface area contributed by atoms with Gasteiger partial charge in [0.1, 0.15) is 5.82 Å². The van der Waals surface area contributed by atoms with Crippen LogP contribution in [0.3, 0.4) is 0 Å². The smallest absolute Gasteiger partial charge is 0.123 e. The molecule has 2 nitrogen and oxygen atoms in total. The average molecular weight is 209 g/mol. The van der Waals surface area contributed by atoms with Crippen LogP contribution >= 0.6 is 0 Å². The summed E-state index contributed by atoms with van der Waals surface area (Å²) in [6, 6.07) is 4.78. The Morgan fingerprint density at radius 1 is 1.53 bits per heavy atom. The largest absolute Gasteiger partial charge is 0.390 e. The first-order valence-corrected chi connectivity index (χ1v) is 5.21. The van der Waals surface area contributed by atoms with Gasteiger partial charge in [0.05, 0.1) is 5.60 Å². The van der Waals surface area contributed by atoms with E-state index in [-0.39, 0.29) is 11.7 Å². The minimum Gasteiger partial charge on any atom is -0.390 e. The van der Waals surface area contributed by atoms with E-state index in [4.69, 9.17) is 0 Å². The summed E-state index contributed by atoms with van der Waals surface area (Å²) < 4.78 is 13.1. The van der Waals surface area contributed by atoms with Gasteiger partial charge in [-0.2, -0.15) is 0 Å². The van der Waals surface area contributed by atoms with Crippen LogP contribution in [0.1, 0.15) is 31.7 Å². The summed E-state index contributed by atoms with van der Waals surface area (Å²) in [7, 11) is 0. The summed E-state index contributed by atoms with van der Waals surface area (Å²) in [6.45, 7) is 4.34. The Bertz CT molecular complexity index is 370.